The minimum absolute atomic E-state index is 0.116. The van der Waals surface area contributed by atoms with E-state index >= 15 is 0 Å². The summed E-state index contributed by atoms with van der Waals surface area (Å²) < 4.78 is 1.80. The van der Waals surface area contributed by atoms with Gasteiger partial charge in [-0.25, -0.2) is 4.98 Å². The molecule has 1 unspecified atom stereocenters. The van der Waals surface area contributed by atoms with Crippen molar-refractivity contribution in [2.24, 2.45) is 7.05 Å². The topological polar surface area (TPSA) is 51.0 Å². The summed E-state index contributed by atoms with van der Waals surface area (Å²) in [6.45, 7) is 1.97. The molecule has 5 nitrogen and oxygen atoms in total. The van der Waals surface area contributed by atoms with E-state index in [-0.39, 0.29) is 11.9 Å². The Balaban J connectivity index is 1.51. The Kier molecular flexibility index (Phi) is 4.25. The predicted octanol–water partition coefficient (Wildman–Crippen LogP) is 5.30. The van der Waals surface area contributed by atoms with E-state index in [1.807, 2.05) is 31.5 Å². The number of rotatable bonds is 4. The molecule has 0 N–H and O–H groups in total. The van der Waals surface area contributed by atoms with Gasteiger partial charge in [-0.3, -0.25) is 9.48 Å². The van der Waals surface area contributed by atoms with E-state index in [1.54, 1.807) is 16.0 Å². The van der Waals surface area contributed by atoms with Crippen LogP contribution in [-0.2, 0) is 13.5 Å². The van der Waals surface area contributed by atoms with Crippen molar-refractivity contribution in [1.82, 2.24) is 19.7 Å². The Hall–Kier alpha value is -2.99. The first kappa shape index (κ1) is 18.8. The number of hydrogen-bond acceptors (Lipinski definition) is 4. The van der Waals surface area contributed by atoms with Crippen LogP contribution in [0.2, 0.25) is 0 Å². The first-order valence-electron chi connectivity index (χ1n) is 10.9. The summed E-state index contributed by atoms with van der Waals surface area (Å²) in [5, 5.41) is 7.52. The van der Waals surface area contributed by atoms with E-state index < -0.39 is 0 Å². The smallest absolute Gasteiger partial charge is 0.255 e. The summed E-state index contributed by atoms with van der Waals surface area (Å²) in [5.74, 6) is 0.116. The number of carbonyl (C=O) groups is 1. The molecule has 1 fully saturated rings. The molecule has 31 heavy (non-hydrogen) atoms. The van der Waals surface area contributed by atoms with Gasteiger partial charge in [0.15, 0.2) is 5.65 Å². The Morgan fingerprint density at radius 3 is 2.77 bits per heavy atom. The van der Waals surface area contributed by atoms with Gasteiger partial charge in [0.05, 0.1) is 33.3 Å². The molecular formula is C25H24N4OS. The number of aryl methyl sites for hydroxylation is 3. The molecule has 0 bridgehead atoms. The molecule has 6 heteroatoms. The van der Waals surface area contributed by atoms with E-state index in [1.165, 1.54) is 11.1 Å². The number of fused-ring (bicyclic) bond motifs is 2. The maximum absolute atomic E-state index is 14.2. The van der Waals surface area contributed by atoms with E-state index in [2.05, 4.69) is 40.3 Å². The third-order valence-electron chi connectivity index (χ3n) is 6.58. The second-order valence-electron chi connectivity index (χ2n) is 8.64. The largest absolute Gasteiger partial charge is 0.329 e. The van der Waals surface area contributed by atoms with Crippen LogP contribution < -0.4 is 0 Å². The van der Waals surface area contributed by atoms with E-state index in [0.717, 1.165) is 58.5 Å². The highest BCUT2D eigenvalue weighted by molar-refractivity contribution is 7.13. The summed E-state index contributed by atoms with van der Waals surface area (Å²) in [6.07, 6.45) is 4.21. The van der Waals surface area contributed by atoms with E-state index in [4.69, 9.17) is 4.98 Å². The number of amides is 1. The summed E-state index contributed by atoms with van der Waals surface area (Å²) in [6, 6.07) is 15.1. The lowest BCUT2D eigenvalue weighted by Gasteiger charge is -2.30. The van der Waals surface area contributed by atoms with Crippen LogP contribution in [0.4, 0.5) is 0 Å². The van der Waals surface area contributed by atoms with Gasteiger partial charge in [0.1, 0.15) is 0 Å². The van der Waals surface area contributed by atoms with Crippen molar-refractivity contribution < 1.29 is 4.79 Å². The molecule has 0 saturated heterocycles. The number of benzene rings is 1. The zero-order valence-corrected chi connectivity index (χ0v) is 18.5. The molecule has 6 rings (SSSR count). The Labute approximate surface area is 185 Å². The fourth-order valence-corrected chi connectivity index (χ4v) is 5.73. The van der Waals surface area contributed by atoms with Gasteiger partial charge in [0.2, 0.25) is 0 Å². The first-order chi connectivity index (χ1) is 15.1. The van der Waals surface area contributed by atoms with Crippen LogP contribution in [-0.4, -0.2) is 31.6 Å². The van der Waals surface area contributed by atoms with Crippen LogP contribution in [0, 0.1) is 6.92 Å². The Morgan fingerprint density at radius 2 is 2.00 bits per heavy atom. The lowest BCUT2D eigenvalue weighted by atomic mass is 10.0. The summed E-state index contributed by atoms with van der Waals surface area (Å²) in [7, 11) is 1.90. The van der Waals surface area contributed by atoms with Gasteiger partial charge in [-0.2, -0.15) is 5.10 Å². The summed E-state index contributed by atoms with van der Waals surface area (Å²) >= 11 is 1.64. The summed E-state index contributed by atoms with van der Waals surface area (Å²) in [5.41, 5.74) is 5.90. The molecule has 2 aliphatic carbocycles. The van der Waals surface area contributed by atoms with Crippen LogP contribution in [0.3, 0.4) is 0 Å². The zero-order valence-electron chi connectivity index (χ0n) is 17.7. The number of carbonyl (C=O) groups excluding carboxylic acids is 1. The van der Waals surface area contributed by atoms with Gasteiger partial charge in [0, 0.05) is 13.1 Å². The van der Waals surface area contributed by atoms with Crippen LogP contribution in [0.15, 0.2) is 47.8 Å². The average Bonchev–Trinajstić information content (AvgIpc) is 3.18. The molecule has 4 aromatic rings. The molecule has 0 aliphatic heterocycles. The van der Waals surface area contributed by atoms with Gasteiger partial charge in [-0.05, 0) is 61.2 Å². The molecule has 156 valence electrons. The molecule has 1 atom stereocenters. The molecule has 0 spiro atoms. The maximum Gasteiger partial charge on any atom is 0.255 e. The second kappa shape index (κ2) is 7.02. The van der Waals surface area contributed by atoms with Gasteiger partial charge in [-0.15, -0.1) is 11.3 Å². The van der Waals surface area contributed by atoms with Crippen molar-refractivity contribution in [1.29, 1.82) is 0 Å². The lowest BCUT2D eigenvalue weighted by molar-refractivity contribution is 0.0660. The highest BCUT2D eigenvalue weighted by Crippen LogP contribution is 2.43. The molecule has 2 aliphatic rings. The molecule has 3 aromatic heterocycles. The SMILES string of the molecule is Cc1nn(C)c2nc(-c3cccs3)cc(C(=O)N(C3CC3)C3CCc4ccccc43)c12. The van der Waals surface area contributed by atoms with Crippen LogP contribution in [0.25, 0.3) is 21.6 Å². The number of hydrogen-bond donors (Lipinski definition) is 0. The Morgan fingerprint density at radius 1 is 1.16 bits per heavy atom. The second-order valence-corrected chi connectivity index (χ2v) is 9.58. The summed E-state index contributed by atoms with van der Waals surface area (Å²) in [4.78, 5) is 22.3. The number of pyridine rings is 1. The van der Waals surface area contributed by atoms with Gasteiger partial charge in [0.25, 0.3) is 5.91 Å². The van der Waals surface area contributed by atoms with Crippen molar-refractivity contribution in [3.8, 4) is 10.6 Å². The van der Waals surface area contributed by atoms with Crippen molar-refractivity contribution in [3.63, 3.8) is 0 Å². The highest BCUT2D eigenvalue weighted by Gasteiger charge is 2.41. The fraction of sp³-hybridized carbons (Fsp3) is 0.320. The number of nitrogens with zero attached hydrogens (tertiary/aromatic N) is 4. The monoisotopic (exact) mass is 428 g/mol. The first-order valence-corrected chi connectivity index (χ1v) is 11.8. The van der Waals surface area contributed by atoms with Crippen molar-refractivity contribution in [2.45, 2.75) is 44.7 Å². The quantitative estimate of drug-likeness (QED) is 0.443. The maximum atomic E-state index is 14.2. The van der Waals surface area contributed by atoms with Crippen molar-refractivity contribution >= 4 is 28.3 Å². The van der Waals surface area contributed by atoms with Crippen LogP contribution in [0.1, 0.15) is 52.5 Å². The van der Waals surface area contributed by atoms with Crippen molar-refractivity contribution in [3.05, 3.63) is 70.2 Å². The van der Waals surface area contributed by atoms with Gasteiger partial charge in [-0.1, -0.05) is 30.3 Å². The fourth-order valence-electron chi connectivity index (χ4n) is 5.04. The molecule has 1 saturated carbocycles. The molecular weight excluding hydrogens is 404 g/mol. The zero-order chi connectivity index (χ0) is 21.1. The van der Waals surface area contributed by atoms with Gasteiger partial charge >= 0.3 is 0 Å². The lowest BCUT2D eigenvalue weighted by Crippen LogP contribution is -2.36. The number of thiophene rings is 1. The van der Waals surface area contributed by atoms with E-state index in [0.29, 0.717) is 6.04 Å². The molecule has 0 radical (unpaired) electrons. The van der Waals surface area contributed by atoms with Gasteiger partial charge < -0.3 is 4.90 Å². The standard InChI is InChI=1S/C25H24N4OS/c1-15-23-19(14-20(22-8-5-13-31-22)26-24(23)28(2)27-15)25(30)29(17-10-11-17)21-12-9-16-6-3-4-7-18(16)21/h3-8,13-14,17,21H,9-12H2,1-2H3. The number of aromatic nitrogens is 3. The third kappa shape index (κ3) is 3.00. The minimum Gasteiger partial charge on any atom is -0.329 e. The van der Waals surface area contributed by atoms with Crippen LogP contribution in [0.5, 0.6) is 0 Å². The molecule has 3 heterocycles. The molecule has 1 amide bonds. The highest BCUT2D eigenvalue weighted by atomic mass is 32.1. The normalized spacial score (nSPS) is 17.8. The Bertz CT molecular complexity index is 1300. The minimum atomic E-state index is 0.116. The van der Waals surface area contributed by atoms with Crippen LogP contribution >= 0.6 is 11.3 Å². The molecule has 1 aromatic carbocycles. The average molecular weight is 429 g/mol. The predicted molar refractivity (Wildman–Crippen MR) is 123 cm³/mol. The van der Waals surface area contributed by atoms with Crippen molar-refractivity contribution in [2.75, 3.05) is 0 Å². The third-order valence-corrected chi connectivity index (χ3v) is 7.48. The van der Waals surface area contributed by atoms with E-state index in [9.17, 15) is 4.79 Å².